The summed E-state index contributed by atoms with van der Waals surface area (Å²) < 4.78 is 47.0. The molecule has 0 aliphatic rings. The van der Waals surface area contributed by atoms with Gasteiger partial charge in [0.1, 0.15) is 4.90 Å². The van der Waals surface area contributed by atoms with Crippen molar-refractivity contribution in [2.75, 3.05) is 12.9 Å². The Hall–Kier alpha value is -0.500. The van der Waals surface area contributed by atoms with E-state index in [4.69, 9.17) is 0 Å². The van der Waals surface area contributed by atoms with Gasteiger partial charge >= 0.3 is 18.4 Å². The summed E-state index contributed by atoms with van der Waals surface area (Å²) in [5.74, 6) is 0.708. The van der Waals surface area contributed by atoms with E-state index < -0.39 is 18.4 Å². The Morgan fingerprint density at radius 3 is 2.61 bits per heavy atom. The van der Waals surface area contributed by atoms with Gasteiger partial charge in [-0.2, -0.15) is 8.42 Å². The summed E-state index contributed by atoms with van der Waals surface area (Å²) in [5.41, 5.74) is 0. The Morgan fingerprint density at radius 1 is 1.33 bits per heavy atom. The van der Waals surface area contributed by atoms with E-state index in [1.54, 1.807) is 18.2 Å². The molecular formula is C9H12O6PS2+. The number of hydrogen-bond donors (Lipinski definition) is 0. The van der Waals surface area contributed by atoms with E-state index in [1.165, 1.54) is 17.8 Å². The van der Waals surface area contributed by atoms with E-state index in [9.17, 15) is 13.0 Å². The van der Waals surface area contributed by atoms with E-state index >= 15 is 0 Å². The van der Waals surface area contributed by atoms with E-state index in [-0.39, 0.29) is 4.90 Å². The molecule has 0 aliphatic carbocycles. The molecule has 0 saturated carbocycles. The lowest BCUT2D eigenvalue weighted by Crippen LogP contribution is -2.06. The van der Waals surface area contributed by atoms with Gasteiger partial charge in [-0.05, 0) is 17.9 Å². The van der Waals surface area contributed by atoms with Crippen LogP contribution in [0.3, 0.4) is 0 Å². The van der Waals surface area contributed by atoms with Gasteiger partial charge in [-0.1, -0.05) is 23.4 Å². The third-order valence-electron chi connectivity index (χ3n) is 1.75. The van der Waals surface area contributed by atoms with Gasteiger partial charge in [-0.15, -0.1) is 16.3 Å². The number of rotatable bonds is 7. The first-order valence-corrected chi connectivity index (χ1v) is 8.34. The van der Waals surface area contributed by atoms with E-state index in [0.29, 0.717) is 10.6 Å². The van der Waals surface area contributed by atoms with Crippen LogP contribution in [0.4, 0.5) is 0 Å². The van der Waals surface area contributed by atoms with Gasteiger partial charge in [0.2, 0.25) is 0 Å². The first kappa shape index (κ1) is 15.6. The summed E-state index contributed by atoms with van der Waals surface area (Å²) in [4.78, 5) is 0.507. The zero-order chi connectivity index (χ0) is 13.6. The molecule has 0 radical (unpaired) electrons. The van der Waals surface area contributed by atoms with Crippen LogP contribution in [0.2, 0.25) is 0 Å². The average molecular weight is 311 g/mol. The molecular weight excluding hydrogens is 299 g/mol. The van der Waals surface area contributed by atoms with Gasteiger partial charge in [0.25, 0.3) is 0 Å². The van der Waals surface area contributed by atoms with Crippen molar-refractivity contribution in [3.63, 3.8) is 0 Å². The number of hydrogen-bond acceptors (Lipinski definition) is 7. The molecule has 100 valence electrons. The summed E-state index contributed by atoms with van der Waals surface area (Å²) in [6.45, 7) is 1.90. The molecule has 6 nitrogen and oxygen atoms in total. The van der Waals surface area contributed by atoms with Gasteiger partial charge < -0.3 is 0 Å². The summed E-state index contributed by atoms with van der Waals surface area (Å²) in [5, 5.41) is 0. The topological polar surface area (TPSA) is 78.9 Å². The predicted octanol–water partition coefficient (Wildman–Crippen LogP) is 2.74. The number of benzene rings is 1. The van der Waals surface area contributed by atoms with Gasteiger partial charge in [-0.25, -0.2) is 0 Å². The summed E-state index contributed by atoms with van der Waals surface area (Å²) in [6, 6.07) is 6.32. The molecule has 1 aromatic carbocycles. The quantitative estimate of drug-likeness (QED) is 0.331. The molecule has 1 rings (SSSR count). The molecule has 0 heterocycles. The van der Waals surface area contributed by atoms with Crippen molar-refractivity contribution in [3.05, 3.63) is 24.3 Å². The molecule has 0 aliphatic heterocycles. The van der Waals surface area contributed by atoms with E-state index in [0.717, 1.165) is 7.11 Å². The maximum absolute atomic E-state index is 11.8. The van der Waals surface area contributed by atoms with Crippen LogP contribution < -0.4 is 0 Å². The molecule has 0 spiro atoms. The minimum Gasteiger partial charge on any atom is -0.191 e. The Bertz CT molecular complexity index is 516. The third-order valence-corrected chi connectivity index (χ3v) is 4.57. The first-order chi connectivity index (χ1) is 8.51. The molecule has 0 aromatic heterocycles. The highest BCUT2D eigenvalue weighted by molar-refractivity contribution is 8.00. The molecule has 18 heavy (non-hydrogen) atoms. The monoisotopic (exact) mass is 311 g/mol. The fourth-order valence-electron chi connectivity index (χ4n) is 1.06. The lowest BCUT2D eigenvalue weighted by molar-refractivity contribution is -0.0963. The Kier molecular flexibility index (Phi) is 6.20. The highest BCUT2D eigenvalue weighted by Gasteiger charge is 2.28. The third kappa shape index (κ3) is 4.31. The fourth-order valence-corrected chi connectivity index (χ4v) is 3.46. The van der Waals surface area contributed by atoms with Crippen LogP contribution >= 0.6 is 20.0 Å². The molecule has 0 N–H and O–H groups in total. The van der Waals surface area contributed by atoms with Crippen molar-refractivity contribution >= 4 is 30.1 Å². The molecule has 1 aromatic rings. The normalized spacial score (nSPS) is 12.4. The maximum atomic E-state index is 11.8. The van der Waals surface area contributed by atoms with Crippen LogP contribution in [0.5, 0.6) is 0 Å². The van der Waals surface area contributed by atoms with E-state index in [1.807, 2.05) is 6.92 Å². The van der Waals surface area contributed by atoms with Gasteiger partial charge in [0, 0.05) is 9.46 Å². The first-order valence-electron chi connectivity index (χ1n) is 4.85. The van der Waals surface area contributed by atoms with Crippen molar-refractivity contribution in [2.24, 2.45) is 0 Å². The van der Waals surface area contributed by atoms with Gasteiger partial charge in [-0.3, -0.25) is 0 Å². The molecule has 9 heteroatoms. The zero-order valence-electron chi connectivity index (χ0n) is 9.73. The predicted molar refractivity (Wildman–Crippen MR) is 66.8 cm³/mol. The minimum atomic E-state index is -4.13. The lowest BCUT2D eigenvalue weighted by atomic mass is 10.4. The zero-order valence-corrected chi connectivity index (χ0v) is 12.3. The molecule has 1 atom stereocenters. The minimum absolute atomic E-state index is 0.0312. The second kappa shape index (κ2) is 7.18. The van der Waals surface area contributed by atoms with Gasteiger partial charge in [0.05, 0.1) is 11.8 Å². The lowest BCUT2D eigenvalue weighted by Gasteiger charge is -2.05. The SMILES string of the molecule is CCSc1ccccc1S(=O)(=O)OO[P+](=O)OC. The molecule has 0 fully saturated rings. The van der Waals surface area contributed by atoms with Crippen LogP contribution in [-0.2, 0) is 28.2 Å². The maximum Gasteiger partial charge on any atom is 0.729 e. The van der Waals surface area contributed by atoms with Crippen LogP contribution in [-0.4, -0.2) is 21.3 Å². The Labute approximate surface area is 111 Å². The largest absolute Gasteiger partial charge is 0.729 e. The van der Waals surface area contributed by atoms with Crippen molar-refractivity contribution in [3.8, 4) is 0 Å². The van der Waals surface area contributed by atoms with Crippen LogP contribution in [0.15, 0.2) is 34.1 Å². The fraction of sp³-hybridized carbons (Fsp3) is 0.333. The molecule has 0 saturated heterocycles. The highest BCUT2D eigenvalue weighted by atomic mass is 32.2. The van der Waals surface area contributed by atoms with Crippen LogP contribution in [0.25, 0.3) is 0 Å². The second-order valence-electron chi connectivity index (χ2n) is 2.88. The summed E-state index contributed by atoms with van der Waals surface area (Å²) in [7, 11) is -5.63. The van der Waals surface area contributed by atoms with Crippen molar-refractivity contribution in [2.45, 2.75) is 16.7 Å². The van der Waals surface area contributed by atoms with Crippen molar-refractivity contribution < 1.29 is 26.5 Å². The van der Waals surface area contributed by atoms with Crippen molar-refractivity contribution in [1.29, 1.82) is 0 Å². The number of thioether (sulfide) groups is 1. The van der Waals surface area contributed by atoms with Crippen LogP contribution in [0, 0.1) is 0 Å². The summed E-state index contributed by atoms with van der Waals surface area (Å²) >= 11 is 1.35. The molecule has 1 unspecified atom stereocenters. The second-order valence-corrected chi connectivity index (χ2v) is 6.63. The van der Waals surface area contributed by atoms with Crippen molar-refractivity contribution in [1.82, 2.24) is 0 Å². The molecule has 0 amide bonds. The smallest absolute Gasteiger partial charge is 0.191 e. The molecule has 0 bridgehead atoms. The average Bonchev–Trinajstić information content (AvgIpc) is 2.37. The Balaban J connectivity index is 2.94. The highest BCUT2D eigenvalue weighted by Crippen LogP contribution is 2.30. The van der Waals surface area contributed by atoms with Crippen LogP contribution in [0.1, 0.15) is 6.92 Å². The van der Waals surface area contributed by atoms with Gasteiger partial charge in [0.15, 0.2) is 0 Å². The summed E-state index contributed by atoms with van der Waals surface area (Å²) in [6.07, 6.45) is 0. The Morgan fingerprint density at radius 2 is 2.00 bits per heavy atom. The standard InChI is InChI=1S/C9H12O6PS2/c1-3-17-8-6-4-5-7-9(8)18(11,12)15-14-16(10)13-2/h4-7H,3H2,1-2H3/q+1. The van der Waals surface area contributed by atoms with E-state index in [2.05, 4.69) is 13.5 Å².